The summed E-state index contributed by atoms with van der Waals surface area (Å²) in [4.78, 5) is 35.9. The second kappa shape index (κ2) is 7.92. The van der Waals surface area contributed by atoms with Crippen molar-refractivity contribution in [3.05, 3.63) is 23.3 Å². The van der Waals surface area contributed by atoms with Gasteiger partial charge in [0, 0.05) is 50.4 Å². The molecule has 2 fully saturated rings. The first kappa shape index (κ1) is 24.9. The Hall–Kier alpha value is -2.19. The topological polar surface area (TPSA) is 119 Å². The van der Waals surface area contributed by atoms with Gasteiger partial charge in [-0.25, -0.2) is 0 Å². The summed E-state index contributed by atoms with van der Waals surface area (Å²) in [5, 5.41) is 22.9. The quantitative estimate of drug-likeness (QED) is 0.360. The highest BCUT2D eigenvalue weighted by Gasteiger charge is 2.85. The van der Waals surface area contributed by atoms with E-state index in [2.05, 4.69) is 0 Å². The number of esters is 3. The summed E-state index contributed by atoms with van der Waals surface area (Å²) in [7, 11) is 0. The van der Waals surface area contributed by atoms with Crippen molar-refractivity contribution in [3.8, 4) is 0 Å². The van der Waals surface area contributed by atoms with E-state index in [0.29, 0.717) is 5.57 Å². The lowest BCUT2D eigenvalue weighted by Crippen LogP contribution is -2.56. The van der Waals surface area contributed by atoms with Crippen LogP contribution in [0.25, 0.3) is 0 Å². The number of aliphatic hydroxyl groups excluding tert-OH is 1. The van der Waals surface area contributed by atoms with Gasteiger partial charge in [-0.1, -0.05) is 32.9 Å². The monoisotopic (exact) mass is 476 g/mol. The molecule has 1 unspecified atom stereocenters. The number of carbonyl (C=O) groups is 3. The third kappa shape index (κ3) is 3.36. The van der Waals surface area contributed by atoms with Crippen LogP contribution in [0.15, 0.2) is 23.3 Å². The second-order valence-corrected chi connectivity index (χ2v) is 11.2. The Morgan fingerprint density at radius 3 is 2.29 bits per heavy atom. The number of hydrogen-bond acceptors (Lipinski definition) is 8. The molecule has 8 nitrogen and oxygen atoms in total. The molecule has 0 bridgehead atoms. The molecule has 8 heteroatoms. The molecule has 2 N–H and O–H groups in total. The van der Waals surface area contributed by atoms with Gasteiger partial charge in [0.05, 0.1) is 0 Å². The summed E-state index contributed by atoms with van der Waals surface area (Å²) in [5.74, 6) is -2.59. The van der Waals surface area contributed by atoms with Crippen molar-refractivity contribution in [2.45, 2.75) is 78.3 Å². The fraction of sp³-hybridized carbons (Fsp3) is 0.731. The van der Waals surface area contributed by atoms with Crippen LogP contribution >= 0.6 is 0 Å². The molecule has 34 heavy (non-hydrogen) atoms. The molecular formula is C26H36O8. The van der Waals surface area contributed by atoms with Crippen molar-refractivity contribution in [1.29, 1.82) is 0 Å². The molecule has 2 saturated carbocycles. The molecule has 0 spiro atoms. The van der Waals surface area contributed by atoms with E-state index in [-0.39, 0.29) is 36.7 Å². The predicted molar refractivity (Wildman–Crippen MR) is 121 cm³/mol. The molecule has 4 aliphatic carbocycles. The molecule has 0 aromatic carbocycles. The Labute approximate surface area is 200 Å². The van der Waals surface area contributed by atoms with E-state index in [1.807, 2.05) is 32.9 Å². The number of hydrogen-bond donors (Lipinski definition) is 2. The third-order valence-electron chi connectivity index (χ3n) is 8.84. The zero-order valence-corrected chi connectivity index (χ0v) is 21.0. The zero-order chi connectivity index (χ0) is 25.4. The maximum atomic E-state index is 12.2. The van der Waals surface area contributed by atoms with Crippen LogP contribution in [0, 0.1) is 35.0 Å². The summed E-state index contributed by atoms with van der Waals surface area (Å²) in [6.07, 6.45) is 2.35. The lowest BCUT2D eigenvalue weighted by molar-refractivity contribution is -0.193. The van der Waals surface area contributed by atoms with Crippen LogP contribution < -0.4 is 0 Å². The van der Waals surface area contributed by atoms with E-state index >= 15 is 0 Å². The van der Waals surface area contributed by atoms with E-state index in [1.165, 1.54) is 20.8 Å². The van der Waals surface area contributed by atoms with Gasteiger partial charge in [-0.3, -0.25) is 14.4 Å². The smallest absolute Gasteiger partial charge is 0.303 e. The second-order valence-electron chi connectivity index (χ2n) is 11.2. The minimum atomic E-state index is -1.48. The standard InChI is InChI=1S/C26H36O8/c1-12-8-19-20-13(2)23(33-15(4)28)26(34-16(5)29)21(24(26,6)7)18(20)9-17(11-32-14(3)27)10-25(19,31)22(12)30/h8-9,13,18-23,30-31H,10-11H2,1-7H3/t13-,18+,19-,20?,21+,22-,23+,25+,26+/m0/s1. The molecule has 0 aliphatic heterocycles. The Morgan fingerprint density at radius 2 is 1.74 bits per heavy atom. The van der Waals surface area contributed by atoms with Gasteiger partial charge in [0.2, 0.25) is 0 Å². The van der Waals surface area contributed by atoms with Gasteiger partial charge >= 0.3 is 17.9 Å². The van der Waals surface area contributed by atoms with E-state index in [1.54, 1.807) is 6.92 Å². The highest BCUT2D eigenvalue weighted by Crippen LogP contribution is 2.76. The molecule has 0 heterocycles. The average molecular weight is 477 g/mol. The highest BCUT2D eigenvalue weighted by molar-refractivity contribution is 5.69. The van der Waals surface area contributed by atoms with E-state index in [9.17, 15) is 24.6 Å². The average Bonchev–Trinajstić information content (AvgIpc) is 3.15. The van der Waals surface area contributed by atoms with Crippen LogP contribution in [-0.4, -0.2) is 58.1 Å². The molecular weight excluding hydrogens is 440 g/mol. The summed E-state index contributed by atoms with van der Waals surface area (Å²) in [6.45, 7) is 11.8. The van der Waals surface area contributed by atoms with Crippen molar-refractivity contribution in [1.82, 2.24) is 0 Å². The molecule has 0 saturated heterocycles. The van der Waals surface area contributed by atoms with Gasteiger partial charge in [-0.15, -0.1) is 0 Å². The van der Waals surface area contributed by atoms with Crippen LogP contribution in [0.4, 0.5) is 0 Å². The summed E-state index contributed by atoms with van der Waals surface area (Å²) in [6, 6.07) is 0. The van der Waals surface area contributed by atoms with E-state index in [4.69, 9.17) is 14.2 Å². The molecule has 4 rings (SSSR count). The molecule has 0 aromatic heterocycles. The number of fused-ring (bicyclic) bond motifs is 5. The van der Waals surface area contributed by atoms with Gasteiger partial charge in [0.1, 0.15) is 24.4 Å². The van der Waals surface area contributed by atoms with Gasteiger partial charge in [-0.2, -0.15) is 0 Å². The predicted octanol–water partition coefficient (Wildman–Crippen LogP) is 2.32. The first-order chi connectivity index (χ1) is 15.7. The molecule has 0 aromatic rings. The van der Waals surface area contributed by atoms with Crippen LogP contribution in [0.2, 0.25) is 0 Å². The fourth-order valence-electron chi connectivity index (χ4n) is 7.65. The van der Waals surface area contributed by atoms with Gasteiger partial charge in [0.15, 0.2) is 5.60 Å². The zero-order valence-electron chi connectivity index (χ0n) is 21.0. The first-order valence-electron chi connectivity index (χ1n) is 12.0. The largest absolute Gasteiger partial charge is 0.461 e. The normalized spacial score (nSPS) is 43.7. The number of ether oxygens (including phenoxy) is 3. The number of aliphatic hydroxyl groups is 2. The lowest BCUT2D eigenvalue weighted by Gasteiger charge is -2.47. The van der Waals surface area contributed by atoms with Crippen molar-refractivity contribution in [3.63, 3.8) is 0 Å². The molecule has 9 atom stereocenters. The van der Waals surface area contributed by atoms with Gasteiger partial charge < -0.3 is 24.4 Å². The fourth-order valence-corrected chi connectivity index (χ4v) is 7.65. The van der Waals surface area contributed by atoms with Crippen LogP contribution in [-0.2, 0) is 28.6 Å². The van der Waals surface area contributed by atoms with Crippen LogP contribution in [0.3, 0.4) is 0 Å². The van der Waals surface area contributed by atoms with Gasteiger partial charge in [-0.05, 0) is 29.9 Å². The molecule has 0 amide bonds. The van der Waals surface area contributed by atoms with Crippen molar-refractivity contribution >= 4 is 17.9 Å². The summed E-state index contributed by atoms with van der Waals surface area (Å²) >= 11 is 0. The number of rotatable bonds is 4. The van der Waals surface area contributed by atoms with E-state index < -0.39 is 52.7 Å². The Morgan fingerprint density at radius 1 is 1.09 bits per heavy atom. The van der Waals surface area contributed by atoms with Gasteiger partial charge in [0.25, 0.3) is 0 Å². The van der Waals surface area contributed by atoms with Crippen LogP contribution in [0.1, 0.15) is 54.9 Å². The minimum Gasteiger partial charge on any atom is -0.461 e. The highest BCUT2D eigenvalue weighted by atomic mass is 16.6. The summed E-state index contributed by atoms with van der Waals surface area (Å²) < 4.78 is 17.1. The summed E-state index contributed by atoms with van der Waals surface area (Å²) in [5.41, 5.74) is -1.59. The molecule has 188 valence electrons. The number of allylic oxidation sites excluding steroid dienone is 1. The molecule has 0 radical (unpaired) electrons. The Kier molecular flexibility index (Phi) is 5.80. The lowest BCUT2D eigenvalue weighted by atomic mass is 9.62. The van der Waals surface area contributed by atoms with Crippen molar-refractivity contribution in [2.75, 3.05) is 6.61 Å². The Balaban J connectivity index is 1.88. The first-order valence-corrected chi connectivity index (χ1v) is 12.0. The third-order valence-corrected chi connectivity index (χ3v) is 8.84. The van der Waals surface area contributed by atoms with Crippen molar-refractivity contribution < 1.29 is 38.8 Å². The number of carbonyl (C=O) groups excluding carboxylic acids is 3. The SMILES string of the molecule is CC(=O)OCC1=C[C@@H]2C([C@H](C)[C@@H](OC(C)=O)[C@]3(OC(C)=O)[C@H]2C3(C)C)[C@@H]2C=C(C)[C@H](O)[C@@]2(O)C1. The maximum Gasteiger partial charge on any atom is 0.303 e. The minimum absolute atomic E-state index is 0.00875. The maximum absolute atomic E-state index is 12.2. The van der Waals surface area contributed by atoms with Crippen molar-refractivity contribution in [2.24, 2.45) is 35.0 Å². The molecule has 4 aliphatic rings. The Bertz CT molecular complexity index is 979. The van der Waals surface area contributed by atoms with E-state index in [0.717, 1.165) is 5.57 Å². The van der Waals surface area contributed by atoms with Crippen LogP contribution in [0.5, 0.6) is 0 Å².